The molecule has 1 atom stereocenters. The van der Waals surface area contributed by atoms with Crippen LogP contribution in [0, 0.1) is 0 Å². The van der Waals surface area contributed by atoms with Gasteiger partial charge < -0.3 is 5.11 Å². The van der Waals surface area contributed by atoms with Crippen molar-refractivity contribution in [3.63, 3.8) is 0 Å². The quantitative estimate of drug-likeness (QED) is 0.465. The molecule has 0 bridgehead atoms. The number of aliphatic carboxylic acids is 1. The van der Waals surface area contributed by atoms with Crippen LogP contribution in [0.4, 0.5) is 0 Å². The fourth-order valence-corrected chi connectivity index (χ4v) is 1.76. The van der Waals surface area contributed by atoms with Crippen LogP contribution in [0.5, 0.6) is 0 Å². The molecule has 17 heavy (non-hydrogen) atoms. The minimum atomic E-state index is -5.06. The highest BCUT2D eigenvalue weighted by Gasteiger charge is 2.53. The summed E-state index contributed by atoms with van der Waals surface area (Å²) < 4.78 is 28.1. The van der Waals surface area contributed by atoms with Crippen LogP contribution in [-0.2, 0) is 14.9 Å². The molecule has 0 saturated heterocycles. The zero-order chi connectivity index (χ0) is 13.3. The summed E-state index contributed by atoms with van der Waals surface area (Å²) in [5, 5.41) is 8.84. The van der Waals surface area contributed by atoms with Gasteiger partial charge in [0.25, 0.3) is 14.9 Å². The fraction of sp³-hybridized carbons (Fsp3) is 0.200. The van der Waals surface area contributed by atoms with Gasteiger partial charge in [0.15, 0.2) is 5.78 Å². The first-order valence-electron chi connectivity index (χ1n) is 4.51. The summed E-state index contributed by atoms with van der Waals surface area (Å²) in [6.07, 6.45) is 0. The third-order valence-corrected chi connectivity index (χ3v) is 3.79. The highest BCUT2D eigenvalue weighted by Crippen LogP contribution is 2.22. The fourth-order valence-electron chi connectivity index (χ4n) is 1.19. The van der Waals surface area contributed by atoms with E-state index in [0.717, 1.165) is 0 Å². The van der Waals surface area contributed by atoms with Gasteiger partial charge in [-0.25, -0.2) is 4.79 Å². The molecule has 0 fully saturated rings. The van der Waals surface area contributed by atoms with Crippen LogP contribution in [0.2, 0.25) is 0 Å². The molecule has 0 spiro atoms. The Balaban J connectivity index is 3.39. The number of hydrogen-bond donors (Lipinski definition) is 2. The third-order valence-electron chi connectivity index (χ3n) is 2.39. The number of Topliss-reactive ketones (excluding diaryl/α,β-unsaturated/α-hetero) is 1. The average molecular weight is 258 g/mol. The highest BCUT2D eigenvalue weighted by atomic mass is 32.2. The van der Waals surface area contributed by atoms with E-state index in [0.29, 0.717) is 6.92 Å². The van der Waals surface area contributed by atoms with E-state index in [-0.39, 0.29) is 5.56 Å². The predicted molar refractivity (Wildman–Crippen MR) is 58.4 cm³/mol. The lowest BCUT2D eigenvalue weighted by Gasteiger charge is -2.19. The van der Waals surface area contributed by atoms with Crippen molar-refractivity contribution in [1.29, 1.82) is 0 Å². The number of carbonyl (C=O) groups excluding carboxylic acids is 1. The lowest BCUT2D eigenvalue weighted by Crippen LogP contribution is -2.50. The lowest BCUT2D eigenvalue weighted by atomic mass is 9.99. The maximum Gasteiger partial charge on any atom is 0.335 e. The summed E-state index contributed by atoms with van der Waals surface area (Å²) in [6, 6.07) is 7.05. The van der Waals surface area contributed by atoms with Gasteiger partial charge in [0.05, 0.1) is 0 Å². The molecule has 0 amide bonds. The van der Waals surface area contributed by atoms with Gasteiger partial charge in [0.2, 0.25) is 0 Å². The summed E-state index contributed by atoms with van der Waals surface area (Å²) in [5.74, 6) is -3.11. The number of ketones is 1. The van der Waals surface area contributed by atoms with Gasteiger partial charge in [-0.2, -0.15) is 8.42 Å². The summed E-state index contributed by atoms with van der Waals surface area (Å²) in [7, 11) is -5.06. The minimum absolute atomic E-state index is 0.102. The number of benzene rings is 1. The third kappa shape index (κ3) is 2.20. The Morgan fingerprint density at radius 2 is 1.65 bits per heavy atom. The lowest BCUT2D eigenvalue weighted by molar-refractivity contribution is -0.138. The standard InChI is InChI=1S/C10H10O6S/c1-10(9(12)13,17(14,15)16)8(11)7-5-3-2-4-6-7/h2-6H,1H3,(H,12,13)(H,14,15,16). The molecule has 7 heteroatoms. The van der Waals surface area contributed by atoms with Gasteiger partial charge in [0.1, 0.15) is 0 Å². The van der Waals surface area contributed by atoms with Crippen molar-refractivity contribution in [3.05, 3.63) is 35.9 Å². The molecule has 0 aliphatic carbocycles. The highest BCUT2D eigenvalue weighted by molar-refractivity contribution is 7.89. The van der Waals surface area contributed by atoms with Crippen LogP contribution in [0.3, 0.4) is 0 Å². The van der Waals surface area contributed by atoms with E-state index in [1.165, 1.54) is 24.3 Å². The number of carboxylic acids is 1. The average Bonchev–Trinajstić information content (AvgIpc) is 2.26. The van der Waals surface area contributed by atoms with Crippen molar-refractivity contribution in [1.82, 2.24) is 0 Å². The molecule has 1 aromatic rings. The number of rotatable bonds is 4. The second kappa shape index (κ2) is 4.27. The molecule has 0 radical (unpaired) electrons. The molecule has 1 rings (SSSR count). The van der Waals surface area contributed by atoms with E-state index in [1.54, 1.807) is 6.07 Å². The molecule has 2 N–H and O–H groups in total. The van der Waals surface area contributed by atoms with Crippen LogP contribution >= 0.6 is 0 Å². The van der Waals surface area contributed by atoms with Crippen LogP contribution in [-0.4, -0.2) is 34.6 Å². The Bertz CT molecular complexity index is 547. The molecule has 0 aliphatic heterocycles. The Morgan fingerprint density at radius 3 is 2.00 bits per heavy atom. The van der Waals surface area contributed by atoms with E-state index >= 15 is 0 Å². The number of hydrogen-bond acceptors (Lipinski definition) is 4. The molecule has 0 saturated carbocycles. The van der Waals surface area contributed by atoms with E-state index in [2.05, 4.69) is 0 Å². The first kappa shape index (κ1) is 13.3. The van der Waals surface area contributed by atoms with Gasteiger partial charge in [-0.3, -0.25) is 9.35 Å². The molecule has 6 nitrogen and oxygen atoms in total. The van der Waals surface area contributed by atoms with E-state index in [4.69, 9.17) is 9.66 Å². The Morgan fingerprint density at radius 1 is 1.18 bits per heavy atom. The first-order valence-corrected chi connectivity index (χ1v) is 5.95. The monoisotopic (exact) mass is 258 g/mol. The summed E-state index contributed by atoms with van der Waals surface area (Å²) >= 11 is 0. The molecular formula is C10H10O6S. The number of carbonyl (C=O) groups is 2. The van der Waals surface area contributed by atoms with Crippen molar-refractivity contribution >= 4 is 21.9 Å². The van der Waals surface area contributed by atoms with Crippen molar-refractivity contribution < 1.29 is 27.7 Å². The SMILES string of the molecule is CC(C(=O)O)(C(=O)c1ccccc1)S(=O)(=O)O. The molecule has 1 unspecified atom stereocenters. The van der Waals surface area contributed by atoms with Crippen molar-refractivity contribution in [2.45, 2.75) is 11.7 Å². The Kier molecular flexibility index (Phi) is 3.35. The molecule has 0 aliphatic rings. The molecule has 92 valence electrons. The van der Waals surface area contributed by atoms with Crippen LogP contribution in [0.1, 0.15) is 17.3 Å². The van der Waals surface area contributed by atoms with Crippen LogP contribution in [0.15, 0.2) is 30.3 Å². The van der Waals surface area contributed by atoms with Gasteiger partial charge in [-0.15, -0.1) is 0 Å². The summed E-state index contributed by atoms with van der Waals surface area (Å²) in [5.41, 5.74) is -0.102. The molecule has 1 aromatic carbocycles. The Hall–Kier alpha value is -1.73. The zero-order valence-electron chi connectivity index (χ0n) is 8.82. The number of carboxylic acid groups (broad SMARTS) is 1. The second-order valence-corrected chi connectivity index (χ2v) is 5.28. The summed E-state index contributed by atoms with van der Waals surface area (Å²) in [4.78, 5) is 22.8. The predicted octanol–water partition coefficient (Wildman–Crippen LogP) is 0.600. The zero-order valence-corrected chi connectivity index (χ0v) is 9.64. The maximum atomic E-state index is 11.8. The first-order chi connectivity index (χ1) is 7.71. The largest absolute Gasteiger partial charge is 0.480 e. The van der Waals surface area contributed by atoms with Crippen LogP contribution < -0.4 is 0 Å². The van der Waals surface area contributed by atoms with E-state index in [9.17, 15) is 18.0 Å². The Labute approximate surface area is 97.6 Å². The van der Waals surface area contributed by atoms with Crippen molar-refractivity contribution in [2.24, 2.45) is 0 Å². The molecule has 0 heterocycles. The molecular weight excluding hydrogens is 248 g/mol. The van der Waals surface area contributed by atoms with Crippen molar-refractivity contribution in [3.8, 4) is 0 Å². The van der Waals surface area contributed by atoms with E-state index in [1.807, 2.05) is 0 Å². The van der Waals surface area contributed by atoms with Gasteiger partial charge in [-0.1, -0.05) is 30.3 Å². The minimum Gasteiger partial charge on any atom is -0.480 e. The maximum absolute atomic E-state index is 11.8. The van der Waals surface area contributed by atoms with Gasteiger partial charge in [0, 0.05) is 5.56 Å². The van der Waals surface area contributed by atoms with E-state index < -0.39 is 26.6 Å². The smallest absolute Gasteiger partial charge is 0.335 e. The van der Waals surface area contributed by atoms with Gasteiger partial charge in [-0.05, 0) is 6.92 Å². The summed E-state index contributed by atoms with van der Waals surface area (Å²) in [6.45, 7) is 0.653. The van der Waals surface area contributed by atoms with Crippen molar-refractivity contribution in [2.75, 3.05) is 0 Å². The topological polar surface area (TPSA) is 109 Å². The normalized spacial score (nSPS) is 14.9. The van der Waals surface area contributed by atoms with Gasteiger partial charge >= 0.3 is 5.97 Å². The van der Waals surface area contributed by atoms with Crippen LogP contribution in [0.25, 0.3) is 0 Å². The molecule has 0 aromatic heterocycles. The second-order valence-electron chi connectivity index (χ2n) is 3.51.